The van der Waals surface area contributed by atoms with E-state index in [1.54, 1.807) is 30.3 Å². The van der Waals surface area contributed by atoms with Crippen molar-refractivity contribution < 1.29 is 12.8 Å². The van der Waals surface area contributed by atoms with Crippen LogP contribution in [-0.4, -0.2) is 33.2 Å². The van der Waals surface area contributed by atoms with Crippen molar-refractivity contribution in [1.82, 2.24) is 24.7 Å². The average Bonchev–Trinajstić information content (AvgIpc) is 3.54. The van der Waals surface area contributed by atoms with Crippen LogP contribution in [0.3, 0.4) is 0 Å². The third-order valence-corrected chi connectivity index (χ3v) is 7.96. The van der Waals surface area contributed by atoms with Gasteiger partial charge in [-0.2, -0.15) is 5.10 Å². The number of benzene rings is 2. The van der Waals surface area contributed by atoms with Crippen LogP contribution in [-0.2, 0) is 10.0 Å². The summed E-state index contributed by atoms with van der Waals surface area (Å²) in [4.78, 5) is 12.7. The smallest absolute Gasteiger partial charge is 0.264 e. The summed E-state index contributed by atoms with van der Waals surface area (Å²) in [6.45, 7) is 0. The van der Waals surface area contributed by atoms with E-state index in [-0.39, 0.29) is 22.4 Å². The molecule has 0 unspecified atom stereocenters. The molecule has 0 saturated heterocycles. The predicted molar refractivity (Wildman–Crippen MR) is 135 cm³/mol. The molecule has 5 aromatic rings. The minimum atomic E-state index is -4.10. The maximum absolute atomic E-state index is 15.3. The largest absolute Gasteiger partial charge is 0.383 e. The van der Waals surface area contributed by atoms with Gasteiger partial charge in [0.25, 0.3) is 10.0 Å². The van der Waals surface area contributed by atoms with Crippen molar-refractivity contribution in [3.05, 3.63) is 66.9 Å². The van der Waals surface area contributed by atoms with Crippen molar-refractivity contribution in [3.63, 3.8) is 0 Å². The maximum Gasteiger partial charge on any atom is 0.264 e. The molecule has 1 aliphatic rings. The molecule has 0 atom stereocenters. The maximum atomic E-state index is 15.3. The molecule has 6 rings (SSSR count). The number of nitrogens with two attached hydrogens (primary N) is 1. The van der Waals surface area contributed by atoms with Crippen molar-refractivity contribution in [3.8, 4) is 11.3 Å². The van der Waals surface area contributed by atoms with Gasteiger partial charge in [0.15, 0.2) is 5.65 Å². The summed E-state index contributed by atoms with van der Waals surface area (Å²) in [5, 5.41) is 5.97. The predicted octanol–water partition coefficient (Wildman–Crippen LogP) is 4.68. The second-order valence-electron chi connectivity index (χ2n) is 8.82. The third kappa shape index (κ3) is 3.72. The number of rotatable bonds is 5. The first-order valence-electron chi connectivity index (χ1n) is 11.6. The molecular weight excluding hydrogens is 481 g/mol. The lowest BCUT2D eigenvalue weighted by Gasteiger charge is -2.11. The standard InChI is InChI=1S/C25H22FN7O2S/c26-18-13-16(23-21-24(27)29-14-30-25(21)33(31-23)17-7-1-2-8-17)10-11-19(18)32-36(34,35)20-9-3-5-15-6-4-12-28-22(15)20/h3-6,9-14,17,32H,1-2,7-8H2,(H2,27,29,30). The number of nitrogen functional groups attached to an aromatic ring is 1. The number of anilines is 2. The third-order valence-electron chi connectivity index (χ3n) is 6.56. The minimum absolute atomic E-state index is 0.0321. The number of aromatic nitrogens is 5. The van der Waals surface area contributed by atoms with E-state index in [4.69, 9.17) is 10.8 Å². The van der Waals surface area contributed by atoms with E-state index in [2.05, 4.69) is 19.7 Å². The van der Waals surface area contributed by atoms with E-state index in [9.17, 15) is 8.42 Å². The molecule has 182 valence electrons. The fourth-order valence-electron chi connectivity index (χ4n) is 4.84. The van der Waals surface area contributed by atoms with Crippen LogP contribution in [0.4, 0.5) is 15.9 Å². The Morgan fingerprint density at radius 2 is 1.83 bits per heavy atom. The van der Waals surface area contributed by atoms with Gasteiger partial charge in [-0.05, 0) is 37.1 Å². The molecule has 36 heavy (non-hydrogen) atoms. The molecule has 1 aliphatic carbocycles. The van der Waals surface area contributed by atoms with Gasteiger partial charge < -0.3 is 5.73 Å². The number of fused-ring (bicyclic) bond motifs is 2. The van der Waals surface area contributed by atoms with Crippen LogP contribution in [0.15, 0.2) is 66.0 Å². The summed E-state index contributed by atoms with van der Waals surface area (Å²) in [7, 11) is -4.10. The normalized spacial score (nSPS) is 14.6. The molecule has 0 radical (unpaired) electrons. The number of halogens is 1. The first-order valence-corrected chi connectivity index (χ1v) is 13.1. The molecule has 3 aromatic heterocycles. The van der Waals surface area contributed by atoms with Crippen molar-refractivity contribution in [2.45, 2.75) is 36.6 Å². The van der Waals surface area contributed by atoms with Gasteiger partial charge in [-0.1, -0.05) is 37.1 Å². The molecule has 11 heteroatoms. The number of pyridine rings is 1. The highest BCUT2D eigenvalue weighted by atomic mass is 32.2. The van der Waals surface area contributed by atoms with Crippen LogP contribution in [0.25, 0.3) is 33.2 Å². The van der Waals surface area contributed by atoms with Crippen molar-refractivity contribution >= 4 is 43.5 Å². The Bertz CT molecular complexity index is 1720. The van der Waals surface area contributed by atoms with Crippen LogP contribution in [0, 0.1) is 5.82 Å². The van der Waals surface area contributed by atoms with Crippen LogP contribution >= 0.6 is 0 Å². The van der Waals surface area contributed by atoms with Crippen LogP contribution in [0.2, 0.25) is 0 Å². The average molecular weight is 504 g/mol. The molecule has 1 saturated carbocycles. The lowest BCUT2D eigenvalue weighted by molar-refractivity contribution is 0.479. The Labute approximate surface area is 206 Å². The Morgan fingerprint density at radius 3 is 2.64 bits per heavy atom. The van der Waals surface area contributed by atoms with Crippen LogP contribution < -0.4 is 10.5 Å². The van der Waals surface area contributed by atoms with Crippen molar-refractivity contribution in [1.29, 1.82) is 0 Å². The first kappa shape index (κ1) is 22.4. The number of sulfonamides is 1. The number of nitrogens with zero attached hydrogens (tertiary/aromatic N) is 5. The molecule has 0 amide bonds. The zero-order valence-electron chi connectivity index (χ0n) is 19.1. The second-order valence-corrected chi connectivity index (χ2v) is 10.5. The van der Waals surface area contributed by atoms with Gasteiger partial charge in [-0.3, -0.25) is 9.71 Å². The highest BCUT2D eigenvalue weighted by molar-refractivity contribution is 7.93. The minimum Gasteiger partial charge on any atom is -0.383 e. The van der Waals surface area contributed by atoms with E-state index in [0.29, 0.717) is 33.2 Å². The van der Waals surface area contributed by atoms with E-state index < -0.39 is 15.8 Å². The van der Waals surface area contributed by atoms with E-state index in [1.807, 2.05) is 4.68 Å². The second kappa shape index (κ2) is 8.52. The summed E-state index contributed by atoms with van der Waals surface area (Å²) < 4.78 is 45.7. The molecular formula is C25H22FN7O2S. The zero-order valence-corrected chi connectivity index (χ0v) is 19.9. The Morgan fingerprint density at radius 1 is 1.03 bits per heavy atom. The summed E-state index contributed by atoms with van der Waals surface area (Å²) in [5.41, 5.74) is 7.81. The van der Waals surface area contributed by atoms with Gasteiger partial charge in [0.1, 0.15) is 28.6 Å². The first-order chi connectivity index (χ1) is 17.4. The molecule has 2 aromatic carbocycles. The fourth-order valence-corrected chi connectivity index (χ4v) is 6.09. The van der Waals surface area contributed by atoms with E-state index >= 15 is 4.39 Å². The lowest BCUT2D eigenvalue weighted by atomic mass is 10.1. The molecule has 3 N–H and O–H groups in total. The summed E-state index contributed by atoms with van der Waals surface area (Å²) >= 11 is 0. The summed E-state index contributed by atoms with van der Waals surface area (Å²) in [6.07, 6.45) is 7.10. The topological polar surface area (TPSA) is 129 Å². The Balaban J connectivity index is 1.39. The van der Waals surface area contributed by atoms with Gasteiger partial charge in [-0.25, -0.2) is 27.5 Å². The van der Waals surface area contributed by atoms with Gasteiger partial charge in [0.05, 0.1) is 22.6 Å². The fraction of sp³-hybridized carbons (Fsp3) is 0.200. The highest BCUT2D eigenvalue weighted by Crippen LogP contribution is 2.37. The molecule has 3 heterocycles. The number of hydrogen-bond acceptors (Lipinski definition) is 7. The Kier molecular flexibility index (Phi) is 5.29. The van der Waals surface area contributed by atoms with Gasteiger partial charge >= 0.3 is 0 Å². The van der Waals surface area contributed by atoms with Gasteiger partial charge in [0.2, 0.25) is 0 Å². The van der Waals surface area contributed by atoms with E-state index in [1.165, 1.54) is 30.7 Å². The number of para-hydroxylation sites is 1. The zero-order chi connectivity index (χ0) is 24.9. The number of nitrogens with one attached hydrogen (secondary N) is 1. The molecule has 1 fully saturated rings. The van der Waals surface area contributed by atoms with Gasteiger partial charge in [0, 0.05) is 17.1 Å². The quantitative estimate of drug-likeness (QED) is 0.356. The molecule has 0 aliphatic heterocycles. The van der Waals surface area contributed by atoms with E-state index in [0.717, 1.165) is 25.7 Å². The monoisotopic (exact) mass is 503 g/mol. The molecule has 0 bridgehead atoms. The Hall–Kier alpha value is -4.12. The summed E-state index contributed by atoms with van der Waals surface area (Å²) in [5.74, 6) is -0.490. The molecule has 0 spiro atoms. The van der Waals surface area contributed by atoms with Crippen molar-refractivity contribution in [2.24, 2.45) is 0 Å². The SMILES string of the molecule is Nc1ncnc2c1c(-c1ccc(NS(=O)(=O)c3cccc4cccnc34)c(F)c1)nn2C1CCCC1. The summed E-state index contributed by atoms with van der Waals surface area (Å²) in [6, 6.07) is 12.7. The lowest BCUT2D eigenvalue weighted by Crippen LogP contribution is -2.14. The molecule has 9 nitrogen and oxygen atoms in total. The highest BCUT2D eigenvalue weighted by Gasteiger charge is 2.25. The van der Waals surface area contributed by atoms with Crippen LogP contribution in [0.5, 0.6) is 0 Å². The van der Waals surface area contributed by atoms with Gasteiger partial charge in [-0.15, -0.1) is 0 Å². The van der Waals surface area contributed by atoms with Crippen molar-refractivity contribution in [2.75, 3.05) is 10.5 Å². The van der Waals surface area contributed by atoms with Crippen LogP contribution in [0.1, 0.15) is 31.7 Å². The number of hydrogen-bond donors (Lipinski definition) is 2.